The van der Waals surface area contributed by atoms with Crippen molar-refractivity contribution in [2.45, 2.75) is 40.7 Å². The second-order valence-corrected chi connectivity index (χ2v) is 6.03. The number of benzene rings is 1. The van der Waals surface area contributed by atoms with Gasteiger partial charge in [-0.05, 0) is 44.9 Å². The number of aryl methyl sites for hydroxylation is 2. The fraction of sp³-hybridized carbons (Fsp3) is 0.562. The summed E-state index contributed by atoms with van der Waals surface area (Å²) in [5.41, 5.74) is 0.934. The molecule has 0 aromatic heterocycles. The van der Waals surface area contributed by atoms with E-state index in [-0.39, 0.29) is 12.5 Å². The van der Waals surface area contributed by atoms with Gasteiger partial charge in [0.1, 0.15) is 5.75 Å². The standard InChI is InChI=1S/C16H24O4/c1-10-6-7-11(2)13(8-10)20-9-12(3)14(17)16(4,5)15(18)19/h6-8,12,14,17H,9H2,1-5H3,(H,18,19). The van der Waals surface area contributed by atoms with Crippen molar-refractivity contribution in [3.63, 3.8) is 0 Å². The van der Waals surface area contributed by atoms with Crippen LogP contribution in [0, 0.1) is 25.2 Å². The SMILES string of the molecule is Cc1ccc(C)c(OCC(C)C(O)C(C)(C)C(=O)O)c1. The van der Waals surface area contributed by atoms with Crippen LogP contribution in [-0.2, 0) is 4.79 Å². The van der Waals surface area contributed by atoms with E-state index in [1.54, 1.807) is 6.92 Å². The summed E-state index contributed by atoms with van der Waals surface area (Å²) >= 11 is 0. The molecule has 0 spiro atoms. The highest BCUT2D eigenvalue weighted by Gasteiger charge is 2.39. The lowest BCUT2D eigenvalue weighted by molar-refractivity contribution is -0.156. The Morgan fingerprint density at radius 1 is 1.35 bits per heavy atom. The highest BCUT2D eigenvalue weighted by atomic mass is 16.5. The topological polar surface area (TPSA) is 66.8 Å². The zero-order valence-corrected chi connectivity index (χ0v) is 12.8. The first-order chi connectivity index (χ1) is 9.16. The predicted molar refractivity (Wildman–Crippen MR) is 78.0 cm³/mol. The van der Waals surface area contributed by atoms with Crippen LogP contribution in [0.4, 0.5) is 0 Å². The monoisotopic (exact) mass is 280 g/mol. The van der Waals surface area contributed by atoms with Crippen LogP contribution in [0.1, 0.15) is 31.9 Å². The Labute approximate surface area is 120 Å². The zero-order valence-electron chi connectivity index (χ0n) is 12.8. The molecular weight excluding hydrogens is 256 g/mol. The van der Waals surface area contributed by atoms with Gasteiger partial charge in [0.2, 0.25) is 0 Å². The number of hydrogen-bond acceptors (Lipinski definition) is 3. The molecule has 4 heteroatoms. The van der Waals surface area contributed by atoms with Crippen molar-refractivity contribution in [3.05, 3.63) is 29.3 Å². The predicted octanol–water partition coefficient (Wildman–Crippen LogP) is 2.79. The molecule has 0 aliphatic rings. The Bertz CT molecular complexity index is 479. The van der Waals surface area contributed by atoms with Crippen LogP contribution in [0.3, 0.4) is 0 Å². The average Bonchev–Trinajstić information content (AvgIpc) is 2.38. The minimum Gasteiger partial charge on any atom is -0.493 e. The van der Waals surface area contributed by atoms with Crippen molar-refractivity contribution in [2.24, 2.45) is 11.3 Å². The van der Waals surface area contributed by atoms with Crippen molar-refractivity contribution in [3.8, 4) is 5.75 Å². The van der Waals surface area contributed by atoms with Crippen LogP contribution >= 0.6 is 0 Å². The number of aliphatic hydroxyl groups excluding tert-OH is 1. The molecule has 20 heavy (non-hydrogen) atoms. The number of ether oxygens (including phenoxy) is 1. The average molecular weight is 280 g/mol. The summed E-state index contributed by atoms with van der Waals surface area (Å²) in [6.07, 6.45) is -0.967. The Kier molecular flexibility index (Phi) is 5.17. The lowest BCUT2D eigenvalue weighted by Gasteiger charge is -2.30. The van der Waals surface area contributed by atoms with E-state index >= 15 is 0 Å². The van der Waals surface area contributed by atoms with Gasteiger partial charge >= 0.3 is 5.97 Å². The van der Waals surface area contributed by atoms with Gasteiger partial charge in [-0.3, -0.25) is 4.79 Å². The second kappa shape index (κ2) is 6.27. The van der Waals surface area contributed by atoms with Crippen molar-refractivity contribution in [2.75, 3.05) is 6.61 Å². The maximum Gasteiger partial charge on any atom is 0.311 e. The molecule has 0 amide bonds. The molecule has 0 saturated heterocycles. The van der Waals surface area contributed by atoms with E-state index in [1.807, 2.05) is 32.0 Å². The molecule has 0 aliphatic carbocycles. The fourth-order valence-electron chi connectivity index (χ4n) is 2.01. The molecule has 0 aliphatic heterocycles. The zero-order chi connectivity index (χ0) is 15.5. The second-order valence-electron chi connectivity index (χ2n) is 6.03. The van der Waals surface area contributed by atoms with Crippen LogP contribution in [0.5, 0.6) is 5.75 Å². The maximum atomic E-state index is 11.1. The van der Waals surface area contributed by atoms with Crippen LogP contribution in [0.2, 0.25) is 0 Å². The van der Waals surface area contributed by atoms with E-state index in [2.05, 4.69) is 0 Å². The number of hydrogen-bond donors (Lipinski definition) is 2. The molecule has 1 aromatic carbocycles. The molecule has 0 bridgehead atoms. The quantitative estimate of drug-likeness (QED) is 0.841. The largest absolute Gasteiger partial charge is 0.493 e. The van der Waals surface area contributed by atoms with Gasteiger partial charge in [0.15, 0.2) is 0 Å². The van der Waals surface area contributed by atoms with E-state index < -0.39 is 17.5 Å². The van der Waals surface area contributed by atoms with Crippen LogP contribution in [0.25, 0.3) is 0 Å². The lowest BCUT2D eigenvalue weighted by atomic mass is 9.80. The molecule has 0 saturated carbocycles. The third-order valence-corrected chi connectivity index (χ3v) is 3.67. The molecule has 0 heterocycles. The summed E-state index contributed by atoms with van der Waals surface area (Å²) in [4.78, 5) is 11.1. The Balaban J connectivity index is 2.70. The third kappa shape index (κ3) is 3.73. The first-order valence-corrected chi connectivity index (χ1v) is 6.77. The lowest BCUT2D eigenvalue weighted by Crippen LogP contribution is -2.42. The molecule has 1 rings (SSSR count). The van der Waals surface area contributed by atoms with E-state index in [0.29, 0.717) is 0 Å². The molecule has 112 valence electrons. The van der Waals surface area contributed by atoms with Crippen molar-refractivity contribution in [1.82, 2.24) is 0 Å². The van der Waals surface area contributed by atoms with Crippen LogP contribution in [-0.4, -0.2) is 28.9 Å². The van der Waals surface area contributed by atoms with Gasteiger partial charge in [0.05, 0.1) is 18.1 Å². The fourth-order valence-corrected chi connectivity index (χ4v) is 2.01. The van der Waals surface area contributed by atoms with Gasteiger partial charge in [-0.1, -0.05) is 19.1 Å². The van der Waals surface area contributed by atoms with Gasteiger partial charge in [-0.25, -0.2) is 0 Å². The molecule has 2 unspecified atom stereocenters. The molecule has 0 radical (unpaired) electrons. The number of aliphatic carboxylic acids is 1. The van der Waals surface area contributed by atoms with Gasteiger partial charge in [0.25, 0.3) is 0 Å². The minimum absolute atomic E-state index is 0.277. The molecule has 2 N–H and O–H groups in total. The number of aliphatic hydroxyl groups is 1. The Morgan fingerprint density at radius 2 is 1.95 bits per heavy atom. The molecule has 4 nitrogen and oxygen atoms in total. The summed E-state index contributed by atoms with van der Waals surface area (Å²) < 4.78 is 5.72. The third-order valence-electron chi connectivity index (χ3n) is 3.67. The van der Waals surface area contributed by atoms with Crippen molar-refractivity contribution in [1.29, 1.82) is 0 Å². The Hall–Kier alpha value is -1.55. The first kappa shape index (κ1) is 16.5. The van der Waals surface area contributed by atoms with E-state index in [1.165, 1.54) is 13.8 Å². The molecular formula is C16H24O4. The molecule has 1 aromatic rings. The summed E-state index contributed by atoms with van der Waals surface area (Å²) in [6, 6.07) is 5.93. The maximum absolute atomic E-state index is 11.1. The van der Waals surface area contributed by atoms with E-state index in [9.17, 15) is 9.90 Å². The van der Waals surface area contributed by atoms with Gasteiger partial charge in [-0.2, -0.15) is 0 Å². The highest BCUT2D eigenvalue weighted by Crippen LogP contribution is 2.27. The van der Waals surface area contributed by atoms with Gasteiger partial charge in [0, 0.05) is 5.92 Å². The van der Waals surface area contributed by atoms with Crippen molar-refractivity contribution < 1.29 is 19.7 Å². The molecule has 2 atom stereocenters. The summed E-state index contributed by atoms with van der Waals surface area (Å²) in [5, 5.41) is 19.3. The van der Waals surface area contributed by atoms with E-state index in [4.69, 9.17) is 9.84 Å². The summed E-state index contributed by atoms with van der Waals surface area (Å²) in [7, 11) is 0. The number of carbonyl (C=O) groups is 1. The number of rotatable bonds is 6. The van der Waals surface area contributed by atoms with Crippen LogP contribution < -0.4 is 4.74 Å². The minimum atomic E-state index is -1.19. The number of carboxylic acid groups (broad SMARTS) is 1. The highest BCUT2D eigenvalue weighted by molar-refractivity contribution is 5.74. The normalized spacial score (nSPS) is 14.7. The molecule has 0 fully saturated rings. The first-order valence-electron chi connectivity index (χ1n) is 6.77. The van der Waals surface area contributed by atoms with E-state index in [0.717, 1.165) is 16.9 Å². The van der Waals surface area contributed by atoms with Crippen molar-refractivity contribution >= 4 is 5.97 Å². The smallest absolute Gasteiger partial charge is 0.311 e. The van der Waals surface area contributed by atoms with Gasteiger partial charge in [-0.15, -0.1) is 0 Å². The summed E-state index contributed by atoms with van der Waals surface area (Å²) in [5.74, 6) is -0.512. The Morgan fingerprint density at radius 3 is 2.50 bits per heavy atom. The van der Waals surface area contributed by atoms with Crippen LogP contribution in [0.15, 0.2) is 18.2 Å². The van der Waals surface area contributed by atoms with Gasteiger partial charge < -0.3 is 14.9 Å². The summed E-state index contributed by atoms with van der Waals surface area (Å²) in [6.45, 7) is 9.06. The number of carboxylic acids is 1.